The third-order valence-electron chi connectivity index (χ3n) is 6.31. The van der Waals surface area contributed by atoms with E-state index in [-0.39, 0.29) is 31.6 Å². The maximum Gasteiger partial charge on any atom is 0.296 e. The van der Waals surface area contributed by atoms with Gasteiger partial charge in [0.05, 0.1) is 21.8 Å². The van der Waals surface area contributed by atoms with Crippen LogP contribution in [0.4, 0.5) is 11.5 Å². The van der Waals surface area contributed by atoms with Crippen LogP contribution in [0.15, 0.2) is 75.8 Å². The predicted octanol–water partition coefficient (Wildman–Crippen LogP) is 3.80. The van der Waals surface area contributed by atoms with Crippen LogP contribution in [0.3, 0.4) is 0 Å². The second-order valence-corrected chi connectivity index (χ2v) is 10.3. The van der Waals surface area contributed by atoms with Gasteiger partial charge in [-0.3, -0.25) is 28.4 Å². The summed E-state index contributed by atoms with van der Waals surface area (Å²) < 4.78 is 4.83. The second-order valence-electron chi connectivity index (χ2n) is 8.66. The number of aryl methyl sites for hydroxylation is 1. The number of benzene rings is 1. The number of anilines is 2. The fourth-order valence-corrected chi connectivity index (χ4v) is 5.60. The van der Waals surface area contributed by atoms with Crippen molar-refractivity contribution in [1.29, 1.82) is 0 Å². The quantitative estimate of drug-likeness (QED) is 0.224. The lowest BCUT2D eigenvalue weighted by molar-refractivity contribution is -0.113. The summed E-state index contributed by atoms with van der Waals surface area (Å²) in [6, 6.07) is 12.8. The first-order valence-electron chi connectivity index (χ1n) is 11.7. The van der Waals surface area contributed by atoms with Gasteiger partial charge in [0.1, 0.15) is 17.2 Å². The minimum Gasteiger partial charge on any atom is -0.366 e. The van der Waals surface area contributed by atoms with Gasteiger partial charge in [-0.15, -0.1) is 6.58 Å². The average molecular weight is 545 g/mol. The molecule has 0 bridgehead atoms. The molecule has 0 spiro atoms. The molecule has 1 aromatic carbocycles. The van der Waals surface area contributed by atoms with Crippen molar-refractivity contribution in [2.45, 2.75) is 13.8 Å². The third-order valence-corrected chi connectivity index (χ3v) is 7.62. The maximum atomic E-state index is 13.7. The predicted molar refractivity (Wildman–Crippen MR) is 156 cm³/mol. The van der Waals surface area contributed by atoms with Gasteiger partial charge < -0.3 is 5.32 Å². The number of nitrogens with zero attached hydrogens (tertiary/aromatic N) is 5. The Hall–Kier alpha value is -4.22. The Morgan fingerprint density at radius 2 is 1.82 bits per heavy atom. The van der Waals surface area contributed by atoms with E-state index in [4.69, 9.17) is 12.2 Å². The third kappa shape index (κ3) is 4.09. The minimum atomic E-state index is -0.477. The number of rotatable bonds is 6. The monoisotopic (exact) mass is 544 g/mol. The summed E-state index contributed by atoms with van der Waals surface area (Å²) in [5.74, 6) is -0.147. The molecule has 0 radical (unpaired) electrons. The summed E-state index contributed by atoms with van der Waals surface area (Å²) >= 11 is 6.59. The van der Waals surface area contributed by atoms with Gasteiger partial charge >= 0.3 is 0 Å². The fraction of sp³-hybridized carbons (Fsp3) is 0.148. The molecule has 0 saturated carbocycles. The summed E-state index contributed by atoms with van der Waals surface area (Å²) in [5.41, 5.74) is 2.26. The van der Waals surface area contributed by atoms with E-state index in [1.165, 1.54) is 20.1 Å². The number of carbonyl (C=O) groups excluding carboxylic acids is 1. The lowest BCUT2D eigenvalue weighted by atomic mass is 10.2. The van der Waals surface area contributed by atoms with Gasteiger partial charge in [-0.2, -0.15) is 0 Å². The number of carbonyl (C=O) groups is 1. The molecule has 0 unspecified atom stereocenters. The summed E-state index contributed by atoms with van der Waals surface area (Å²) in [4.78, 5) is 46.8. The fourth-order valence-electron chi connectivity index (χ4n) is 4.35. The highest BCUT2D eigenvalue weighted by Crippen LogP contribution is 2.36. The molecule has 1 saturated heterocycles. The van der Waals surface area contributed by atoms with E-state index in [0.717, 1.165) is 17.3 Å². The number of fused-ring (bicyclic) bond motifs is 1. The Morgan fingerprint density at radius 1 is 1.08 bits per heavy atom. The number of aromatic nitrogens is 4. The van der Waals surface area contributed by atoms with E-state index in [2.05, 4.69) is 16.9 Å². The first-order valence-corrected chi connectivity index (χ1v) is 13.0. The summed E-state index contributed by atoms with van der Waals surface area (Å²) in [6.45, 7) is 7.72. The standard InChI is InChI=1S/C27H24N6O3S2/c1-5-13-28-22-19(24(34)31-14-9-10-16(2)23(31)29-22)15-20-25(35)32(27(37)38-20)21-17(3)30(4)33(26(21)36)18-11-7-6-8-12-18/h5-12,14-15,28H,1,13H2,2-4H3. The number of thioether (sulfide) groups is 1. The van der Waals surface area contributed by atoms with Crippen molar-refractivity contribution in [1.82, 2.24) is 18.7 Å². The van der Waals surface area contributed by atoms with Crippen molar-refractivity contribution in [3.63, 3.8) is 0 Å². The van der Waals surface area contributed by atoms with Crippen LogP contribution in [0.1, 0.15) is 16.8 Å². The molecule has 1 amide bonds. The Morgan fingerprint density at radius 3 is 2.53 bits per heavy atom. The highest BCUT2D eigenvalue weighted by Gasteiger charge is 2.38. The Kier molecular flexibility index (Phi) is 6.64. The number of hydrogen-bond acceptors (Lipinski definition) is 7. The van der Waals surface area contributed by atoms with Crippen LogP contribution < -0.4 is 21.3 Å². The first-order chi connectivity index (χ1) is 18.2. The van der Waals surface area contributed by atoms with Crippen molar-refractivity contribution < 1.29 is 4.79 Å². The average Bonchev–Trinajstić information content (AvgIpc) is 3.30. The van der Waals surface area contributed by atoms with Crippen LogP contribution in [-0.2, 0) is 11.8 Å². The molecule has 38 heavy (non-hydrogen) atoms. The molecule has 11 heteroatoms. The van der Waals surface area contributed by atoms with E-state index >= 15 is 0 Å². The number of pyridine rings is 1. The van der Waals surface area contributed by atoms with Crippen LogP contribution >= 0.6 is 24.0 Å². The van der Waals surface area contributed by atoms with Gasteiger partial charge in [-0.1, -0.05) is 54.3 Å². The number of para-hydroxylation sites is 1. The second kappa shape index (κ2) is 9.92. The van der Waals surface area contributed by atoms with Crippen molar-refractivity contribution >= 4 is 57.4 Å². The van der Waals surface area contributed by atoms with Crippen LogP contribution in [0.2, 0.25) is 0 Å². The molecule has 4 heterocycles. The molecule has 192 valence electrons. The molecule has 4 aromatic rings. The topological polar surface area (TPSA) is 93.6 Å². The summed E-state index contributed by atoms with van der Waals surface area (Å²) in [7, 11) is 1.75. The molecular formula is C27H24N6O3S2. The molecule has 1 fully saturated rings. The molecule has 0 atom stereocenters. The first kappa shape index (κ1) is 25.4. The lowest BCUT2D eigenvalue weighted by Gasteiger charge is -2.13. The summed E-state index contributed by atoms with van der Waals surface area (Å²) in [5, 5.41) is 3.10. The molecule has 9 nitrogen and oxygen atoms in total. The highest BCUT2D eigenvalue weighted by molar-refractivity contribution is 8.27. The zero-order chi connectivity index (χ0) is 27.1. The smallest absolute Gasteiger partial charge is 0.296 e. The van der Waals surface area contributed by atoms with Crippen molar-refractivity contribution in [3.05, 3.63) is 104 Å². The SMILES string of the molecule is C=CCNc1nc2c(C)cccn2c(=O)c1C=C1SC(=S)N(c2c(C)n(C)n(-c3ccccc3)c2=O)C1=O. The number of nitrogens with one attached hydrogen (secondary N) is 1. The normalized spacial score (nSPS) is 14.6. The number of thiocarbonyl (C=S) groups is 1. The maximum absolute atomic E-state index is 13.7. The number of amides is 1. The van der Waals surface area contributed by atoms with Gasteiger partial charge in [0, 0.05) is 19.8 Å². The molecule has 1 aliphatic heterocycles. The lowest BCUT2D eigenvalue weighted by Crippen LogP contribution is -2.33. The Balaban J connectivity index is 1.63. The van der Waals surface area contributed by atoms with Crippen molar-refractivity contribution in [2.24, 2.45) is 7.05 Å². The minimum absolute atomic E-state index is 0.177. The summed E-state index contributed by atoms with van der Waals surface area (Å²) in [6.07, 6.45) is 4.78. The van der Waals surface area contributed by atoms with Crippen LogP contribution in [0.25, 0.3) is 17.4 Å². The molecule has 0 aliphatic carbocycles. The molecule has 1 N–H and O–H groups in total. The van der Waals surface area contributed by atoms with E-state index < -0.39 is 5.91 Å². The van der Waals surface area contributed by atoms with Crippen LogP contribution in [0.5, 0.6) is 0 Å². The van der Waals surface area contributed by atoms with Gasteiger partial charge in [-0.05, 0) is 43.7 Å². The Labute approximate surface area is 227 Å². The van der Waals surface area contributed by atoms with E-state index in [9.17, 15) is 14.4 Å². The van der Waals surface area contributed by atoms with Gasteiger partial charge in [0.25, 0.3) is 17.0 Å². The highest BCUT2D eigenvalue weighted by atomic mass is 32.2. The van der Waals surface area contributed by atoms with Crippen LogP contribution in [-0.4, -0.2) is 35.5 Å². The molecule has 5 rings (SSSR count). The van der Waals surface area contributed by atoms with Crippen molar-refractivity contribution in [2.75, 3.05) is 16.8 Å². The zero-order valence-electron chi connectivity index (χ0n) is 21.0. The number of hydrogen-bond donors (Lipinski definition) is 1. The van der Waals surface area contributed by atoms with Gasteiger partial charge in [0.2, 0.25) is 0 Å². The molecule has 3 aromatic heterocycles. The van der Waals surface area contributed by atoms with E-state index in [1.54, 1.807) is 37.0 Å². The van der Waals surface area contributed by atoms with E-state index in [1.807, 2.05) is 43.3 Å². The van der Waals surface area contributed by atoms with E-state index in [0.29, 0.717) is 29.4 Å². The van der Waals surface area contributed by atoms with Gasteiger partial charge in [-0.25, -0.2) is 9.67 Å². The molecular weight excluding hydrogens is 520 g/mol. The zero-order valence-corrected chi connectivity index (χ0v) is 22.6. The Bertz CT molecular complexity index is 1780. The largest absolute Gasteiger partial charge is 0.366 e. The van der Waals surface area contributed by atoms with Crippen molar-refractivity contribution in [3.8, 4) is 5.69 Å². The van der Waals surface area contributed by atoms with Crippen LogP contribution in [0, 0.1) is 13.8 Å². The van der Waals surface area contributed by atoms with Gasteiger partial charge in [0.15, 0.2) is 4.32 Å². The molecule has 1 aliphatic rings.